The van der Waals surface area contributed by atoms with Gasteiger partial charge >= 0.3 is 0 Å². The van der Waals surface area contributed by atoms with Gasteiger partial charge in [0.05, 0.1) is 5.25 Å². The highest BCUT2D eigenvalue weighted by molar-refractivity contribution is 8.00. The zero-order valence-corrected chi connectivity index (χ0v) is 14.3. The van der Waals surface area contributed by atoms with Gasteiger partial charge in [0.1, 0.15) is 6.33 Å². The predicted molar refractivity (Wildman–Crippen MR) is 91.5 cm³/mol. The fraction of sp³-hybridized carbons (Fsp3) is 0.471. The number of thioether (sulfide) groups is 1. The highest BCUT2D eigenvalue weighted by atomic mass is 32.2. The van der Waals surface area contributed by atoms with Crippen molar-refractivity contribution in [2.75, 3.05) is 6.54 Å². The summed E-state index contributed by atoms with van der Waals surface area (Å²) in [5.74, 6) is 0.343. The third kappa shape index (κ3) is 4.13. The quantitative estimate of drug-likeness (QED) is 0.793. The van der Waals surface area contributed by atoms with E-state index in [0.29, 0.717) is 18.5 Å². The van der Waals surface area contributed by atoms with Gasteiger partial charge in [0.25, 0.3) is 0 Å². The van der Waals surface area contributed by atoms with Crippen molar-refractivity contribution in [3.8, 4) is 0 Å². The summed E-state index contributed by atoms with van der Waals surface area (Å²) in [5, 5.41) is 11.8. The van der Waals surface area contributed by atoms with Crippen LogP contribution in [-0.2, 0) is 4.79 Å². The molecule has 0 spiro atoms. The Morgan fingerprint density at radius 3 is 2.78 bits per heavy atom. The molecule has 1 aromatic carbocycles. The summed E-state index contributed by atoms with van der Waals surface area (Å²) >= 11 is 1.48. The zero-order valence-electron chi connectivity index (χ0n) is 13.5. The lowest BCUT2D eigenvalue weighted by Gasteiger charge is -2.16. The number of amides is 1. The van der Waals surface area contributed by atoms with Crippen LogP contribution in [0.3, 0.4) is 0 Å². The summed E-state index contributed by atoms with van der Waals surface area (Å²) in [6.07, 6.45) is 4.13. The molecule has 1 amide bonds. The largest absolute Gasteiger partial charge is 0.355 e. The van der Waals surface area contributed by atoms with Gasteiger partial charge in [-0.15, -0.1) is 10.2 Å². The Morgan fingerprint density at radius 1 is 1.35 bits per heavy atom. The third-order valence-corrected chi connectivity index (χ3v) is 5.15. The third-order valence-electron chi connectivity index (χ3n) is 4.08. The van der Waals surface area contributed by atoms with Crippen LogP contribution < -0.4 is 5.32 Å². The first kappa shape index (κ1) is 16.1. The predicted octanol–water partition coefficient (Wildman–Crippen LogP) is 3.01. The molecule has 122 valence electrons. The van der Waals surface area contributed by atoms with E-state index in [1.807, 2.05) is 25.1 Å². The minimum absolute atomic E-state index is 0.0446. The Hall–Kier alpha value is -1.82. The minimum Gasteiger partial charge on any atom is -0.355 e. The van der Waals surface area contributed by atoms with Crippen LogP contribution in [0, 0.1) is 0 Å². The Balaban J connectivity index is 1.50. The van der Waals surface area contributed by atoms with Gasteiger partial charge in [-0.25, -0.2) is 0 Å². The van der Waals surface area contributed by atoms with Crippen molar-refractivity contribution >= 4 is 17.7 Å². The maximum atomic E-state index is 12.3. The number of aromatic nitrogens is 3. The summed E-state index contributed by atoms with van der Waals surface area (Å²) < 4.78 is 2.08. The maximum absolute atomic E-state index is 12.3. The number of benzene rings is 1. The lowest BCUT2D eigenvalue weighted by Crippen LogP contribution is -2.33. The molecule has 0 saturated heterocycles. The van der Waals surface area contributed by atoms with Gasteiger partial charge in [-0.3, -0.25) is 4.79 Å². The van der Waals surface area contributed by atoms with Crippen molar-refractivity contribution in [1.29, 1.82) is 0 Å². The molecular formula is C17H22N4OS. The Morgan fingerprint density at radius 2 is 2.09 bits per heavy atom. The molecule has 1 N–H and O–H groups in total. The van der Waals surface area contributed by atoms with Crippen LogP contribution in [0.15, 0.2) is 41.8 Å². The number of hydrogen-bond acceptors (Lipinski definition) is 4. The molecule has 1 heterocycles. The molecular weight excluding hydrogens is 308 g/mol. The van der Waals surface area contributed by atoms with Crippen molar-refractivity contribution < 1.29 is 4.79 Å². The number of rotatable bonds is 7. The van der Waals surface area contributed by atoms with E-state index in [0.717, 1.165) is 5.16 Å². The molecule has 0 aliphatic heterocycles. The standard InChI is InChI=1S/C17H22N4OS/c1-12(14-6-4-3-5-7-14)10-18-16(22)13(2)23-17-20-19-11-21(17)15-8-9-15/h3-7,11-13,15H,8-10H2,1-2H3,(H,18,22). The lowest BCUT2D eigenvalue weighted by atomic mass is 10.0. The van der Waals surface area contributed by atoms with Crippen molar-refractivity contribution in [3.63, 3.8) is 0 Å². The van der Waals surface area contributed by atoms with E-state index in [-0.39, 0.29) is 11.2 Å². The molecule has 2 aromatic rings. The fourth-order valence-electron chi connectivity index (χ4n) is 2.43. The Kier molecular flexibility index (Phi) is 5.00. The molecule has 3 rings (SSSR count). The number of carbonyl (C=O) groups is 1. The molecule has 2 atom stereocenters. The average molecular weight is 330 g/mol. The first-order chi connectivity index (χ1) is 11.1. The fourth-order valence-corrected chi connectivity index (χ4v) is 3.35. The number of hydrogen-bond donors (Lipinski definition) is 1. The Bertz CT molecular complexity index is 654. The van der Waals surface area contributed by atoms with Crippen LogP contribution in [0.4, 0.5) is 0 Å². The monoisotopic (exact) mass is 330 g/mol. The first-order valence-corrected chi connectivity index (χ1v) is 8.92. The van der Waals surface area contributed by atoms with Crippen LogP contribution in [0.1, 0.15) is 44.2 Å². The highest BCUT2D eigenvalue weighted by Crippen LogP contribution is 2.37. The topological polar surface area (TPSA) is 59.8 Å². The van der Waals surface area contributed by atoms with Crippen molar-refractivity contribution in [1.82, 2.24) is 20.1 Å². The number of nitrogens with zero attached hydrogens (tertiary/aromatic N) is 3. The summed E-state index contributed by atoms with van der Waals surface area (Å²) in [4.78, 5) is 12.3. The molecule has 2 unspecified atom stereocenters. The van der Waals surface area contributed by atoms with Gasteiger partial charge in [0.2, 0.25) is 5.91 Å². The van der Waals surface area contributed by atoms with Crippen LogP contribution in [0.25, 0.3) is 0 Å². The first-order valence-electron chi connectivity index (χ1n) is 8.04. The number of nitrogens with one attached hydrogen (secondary N) is 1. The van der Waals surface area contributed by atoms with Crippen molar-refractivity contribution in [2.45, 2.75) is 49.1 Å². The van der Waals surface area contributed by atoms with Gasteiger partial charge in [-0.05, 0) is 31.2 Å². The second kappa shape index (κ2) is 7.17. The van der Waals surface area contributed by atoms with Gasteiger partial charge in [-0.2, -0.15) is 0 Å². The molecule has 23 heavy (non-hydrogen) atoms. The average Bonchev–Trinajstić information content (AvgIpc) is 3.32. The molecule has 6 heteroatoms. The smallest absolute Gasteiger partial charge is 0.233 e. The van der Waals surface area contributed by atoms with E-state index < -0.39 is 0 Å². The van der Waals surface area contributed by atoms with Crippen LogP contribution in [-0.4, -0.2) is 32.5 Å². The second-order valence-electron chi connectivity index (χ2n) is 6.07. The van der Waals surface area contributed by atoms with E-state index in [4.69, 9.17) is 0 Å². The summed E-state index contributed by atoms with van der Waals surface area (Å²) in [7, 11) is 0. The van der Waals surface area contributed by atoms with E-state index in [1.165, 1.54) is 30.2 Å². The molecule has 1 aliphatic carbocycles. The van der Waals surface area contributed by atoms with Crippen molar-refractivity contribution in [3.05, 3.63) is 42.2 Å². The van der Waals surface area contributed by atoms with Gasteiger partial charge in [-0.1, -0.05) is 49.0 Å². The SMILES string of the molecule is CC(Sc1nncn1C1CC1)C(=O)NCC(C)c1ccccc1. The Labute approximate surface area is 140 Å². The van der Waals surface area contributed by atoms with Crippen LogP contribution >= 0.6 is 11.8 Å². The maximum Gasteiger partial charge on any atom is 0.233 e. The van der Waals surface area contributed by atoms with Gasteiger partial charge < -0.3 is 9.88 Å². The van der Waals surface area contributed by atoms with E-state index in [2.05, 4.69) is 39.1 Å². The van der Waals surface area contributed by atoms with E-state index in [9.17, 15) is 4.79 Å². The van der Waals surface area contributed by atoms with E-state index in [1.54, 1.807) is 6.33 Å². The summed E-state index contributed by atoms with van der Waals surface area (Å²) in [5.41, 5.74) is 1.24. The summed E-state index contributed by atoms with van der Waals surface area (Å²) in [6, 6.07) is 10.8. The van der Waals surface area contributed by atoms with Gasteiger partial charge in [0.15, 0.2) is 5.16 Å². The molecule has 0 bridgehead atoms. The molecule has 0 radical (unpaired) electrons. The zero-order chi connectivity index (χ0) is 16.2. The van der Waals surface area contributed by atoms with Crippen LogP contribution in [0.2, 0.25) is 0 Å². The summed E-state index contributed by atoms with van der Waals surface area (Å²) in [6.45, 7) is 4.68. The molecule has 1 aliphatic rings. The second-order valence-corrected chi connectivity index (χ2v) is 7.38. The minimum atomic E-state index is -0.181. The normalized spacial score (nSPS) is 16.8. The number of carbonyl (C=O) groups excluding carboxylic acids is 1. The highest BCUT2D eigenvalue weighted by Gasteiger charge is 2.28. The van der Waals surface area contributed by atoms with Crippen LogP contribution in [0.5, 0.6) is 0 Å². The molecule has 1 fully saturated rings. The molecule has 1 saturated carbocycles. The van der Waals surface area contributed by atoms with E-state index >= 15 is 0 Å². The lowest BCUT2D eigenvalue weighted by molar-refractivity contribution is -0.120. The molecule has 1 aromatic heterocycles. The van der Waals surface area contributed by atoms with Gasteiger partial charge in [0, 0.05) is 12.6 Å². The van der Waals surface area contributed by atoms with Crippen molar-refractivity contribution in [2.24, 2.45) is 0 Å². The molecule has 5 nitrogen and oxygen atoms in total.